The topological polar surface area (TPSA) is 17.1 Å². The molecule has 94 valence electrons. The quantitative estimate of drug-likeness (QED) is 0.339. The molecule has 0 fully saturated rings. The average molecular weight is 232 g/mol. The molecule has 0 atom stereocenters. The summed E-state index contributed by atoms with van der Waals surface area (Å²) in [5.41, 5.74) is 4.41. The molecule has 0 heterocycles. The Morgan fingerprint density at radius 3 is 2.71 bits per heavy atom. The highest BCUT2D eigenvalue weighted by Gasteiger charge is 1.93. The average Bonchev–Trinajstić information content (AvgIpc) is 2.25. The second-order valence-electron chi connectivity index (χ2n) is 4.66. The van der Waals surface area contributed by atoms with Crippen molar-refractivity contribution >= 4 is 5.78 Å². The Hall–Kier alpha value is -1.33. The molecule has 0 saturated carbocycles. The maximum atomic E-state index is 11.3. The van der Waals surface area contributed by atoms with Gasteiger partial charge in [0.2, 0.25) is 0 Å². The minimum absolute atomic E-state index is 0.170. The summed E-state index contributed by atoms with van der Waals surface area (Å²) in [6.07, 6.45) is 10.6. The molecule has 0 aliphatic carbocycles. The number of hydrogen-bond donors (Lipinski definition) is 0. The summed E-state index contributed by atoms with van der Waals surface area (Å²) in [6.45, 7) is 10.0. The van der Waals surface area contributed by atoms with Crippen molar-refractivity contribution in [3.05, 3.63) is 42.2 Å². The fraction of sp³-hybridized carbons (Fsp3) is 0.500. The SMILES string of the molecule is C=CCCC(=O)/C=C/CC(C)=C=CCC(C)C. The van der Waals surface area contributed by atoms with Gasteiger partial charge in [-0.1, -0.05) is 26.0 Å². The molecular formula is C16H24O. The zero-order valence-corrected chi connectivity index (χ0v) is 11.3. The summed E-state index contributed by atoms with van der Waals surface area (Å²) in [6, 6.07) is 0. The van der Waals surface area contributed by atoms with Crippen LogP contribution in [-0.4, -0.2) is 5.78 Å². The predicted molar refractivity (Wildman–Crippen MR) is 74.9 cm³/mol. The van der Waals surface area contributed by atoms with Gasteiger partial charge in [0.15, 0.2) is 5.78 Å². The highest BCUT2D eigenvalue weighted by molar-refractivity contribution is 5.89. The van der Waals surface area contributed by atoms with E-state index in [-0.39, 0.29) is 5.78 Å². The van der Waals surface area contributed by atoms with E-state index in [1.165, 1.54) is 5.57 Å². The summed E-state index contributed by atoms with van der Waals surface area (Å²) >= 11 is 0. The first-order valence-electron chi connectivity index (χ1n) is 6.27. The smallest absolute Gasteiger partial charge is 0.155 e. The first kappa shape index (κ1) is 15.7. The maximum absolute atomic E-state index is 11.3. The molecule has 1 heteroatoms. The third-order valence-electron chi connectivity index (χ3n) is 2.26. The lowest BCUT2D eigenvalue weighted by Crippen LogP contribution is -1.90. The Kier molecular flexibility index (Phi) is 9.09. The van der Waals surface area contributed by atoms with Crippen molar-refractivity contribution in [1.82, 2.24) is 0 Å². The Bertz CT molecular complexity index is 325. The van der Waals surface area contributed by atoms with Gasteiger partial charge in [0.25, 0.3) is 0 Å². The van der Waals surface area contributed by atoms with Crippen molar-refractivity contribution < 1.29 is 4.79 Å². The van der Waals surface area contributed by atoms with Crippen LogP contribution in [0.25, 0.3) is 0 Å². The molecule has 0 aromatic carbocycles. The monoisotopic (exact) mass is 232 g/mol. The Labute approximate surface area is 106 Å². The van der Waals surface area contributed by atoms with Gasteiger partial charge in [0, 0.05) is 6.42 Å². The van der Waals surface area contributed by atoms with E-state index < -0.39 is 0 Å². The molecule has 0 aromatic heterocycles. The molecule has 0 aliphatic rings. The Morgan fingerprint density at radius 2 is 2.12 bits per heavy atom. The van der Waals surface area contributed by atoms with Crippen LogP contribution in [0.5, 0.6) is 0 Å². The lowest BCUT2D eigenvalue weighted by atomic mass is 10.1. The molecule has 0 saturated heterocycles. The summed E-state index contributed by atoms with van der Waals surface area (Å²) in [5, 5.41) is 0. The van der Waals surface area contributed by atoms with E-state index in [0.717, 1.165) is 19.3 Å². The number of allylic oxidation sites excluding steroid dienone is 4. The third kappa shape index (κ3) is 10.9. The van der Waals surface area contributed by atoms with Gasteiger partial charge in [-0.05, 0) is 49.8 Å². The van der Waals surface area contributed by atoms with Crippen LogP contribution in [0.3, 0.4) is 0 Å². The van der Waals surface area contributed by atoms with E-state index in [1.54, 1.807) is 12.2 Å². The van der Waals surface area contributed by atoms with Crippen LogP contribution in [0.1, 0.15) is 46.5 Å². The van der Waals surface area contributed by atoms with Gasteiger partial charge in [0.05, 0.1) is 0 Å². The number of carbonyl (C=O) groups is 1. The molecule has 0 radical (unpaired) electrons. The molecule has 0 unspecified atom stereocenters. The molecule has 0 amide bonds. The highest BCUT2D eigenvalue weighted by atomic mass is 16.1. The standard InChI is InChI=1S/C16H24O/c1-5-6-12-16(17)13-8-11-15(4)10-7-9-14(2)3/h5,7-8,13-14H,1,6,9,11-12H2,2-4H3/b13-8+. The summed E-state index contributed by atoms with van der Waals surface area (Å²) in [7, 11) is 0. The second-order valence-corrected chi connectivity index (χ2v) is 4.66. The van der Waals surface area contributed by atoms with Crippen molar-refractivity contribution in [2.75, 3.05) is 0 Å². The normalized spacial score (nSPS) is 10.4. The molecule has 0 N–H and O–H groups in total. The van der Waals surface area contributed by atoms with Crippen molar-refractivity contribution in [3.8, 4) is 0 Å². The summed E-state index contributed by atoms with van der Waals surface area (Å²) in [5.74, 6) is 0.843. The number of ketones is 1. The third-order valence-corrected chi connectivity index (χ3v) is 2.26. The lowest BCUT2D eigenvalue weighted by molar-refractivity contribution is -0.114. The van der Waals surface area contributed by atoms with Gasteiger partial charge in [0.1, 0.15) is 0 Å². The minimum atomic E-state index is 0.170. The number of carbonyl (C=O) groups excluding carboxylic acids is 1. The van der Waals surface area contributed by atoms with Gasteiger partial charge >= 0.3 is 0 Å². The van der Waals surface area contributed by atoms with Crippen LogP contribution in [-0.2, 0) is 4.79 Å². The van der Waals surface area contributed by atoms with Crippen molar-refractivity contribution in [1.29, 1.82) is 0 Å². The van der Waals surface area contributed by atoms with E-state index in [9.17, 15) is 4.79 Å². The lowest BCUT2D eigenvalue weighted by Gasteiger charge is -1.95. The highest BCUT2D eigenvalue weighted by Crippen LogP contribution is 2.03. The van der Waals surface area contributed by atoms with E-state index in [2.05, 4.69) is 32.2 Å². The minimum Gasteiger partial charge on any atom is -0.295 e. The molecule has 17 heavy (non-hydrogen) atoms. The van der Waals surface area contributed by atoms with Crippen LogP contribution in [0.4, 0.5) is 0 Å². The van der Waals surface area contributed by atoms with Gasteiger partial charge in [-0.15, -0.1) is 12.3 Å². The Morgan fingerprint density at radius 1 is 1.41 bits per heavy atom. The zero-order valence-electron chi connectivity index (χ0n) is 11.3. The van der Waals surface area contributed by atoms with Crippen molar-refractivity contribution in [2.24, 2.45) is 5.92 Å². The van der Waals surface area contributed by atoms with Crippen molar-refractivity contribution in [3.63, 3.8) is 0 Å². The molecule has 0 spiro atoms. The molecule has 0 aliphatic heterocycles. The van der Waals surface area contributed by atoms with Crippen molar-refractivity contribution in [2.45, 2.75) is 46.5 Å². The Balaban J connectivity index is 4.01. The molecular weight excluding hydrogens is 208 g/mol. The van der Waals surface area contributed by atoms with E-state index in [4.69, 9.17) is 0 Å². The fourth-order valence-corrected chi connectivity index (χ4v) is 1.22. The van der Waals surface area contributed by atoms with Crippen LogP contribution in [0, 0.1) is 5.92 Å². The van der Waals surface area contributed by atoms with Gasteiger partial charge < -0.3 is 0 Å². The largest absolute Gasteiger partial charge is 0.295 e. The maximum Gasteiger partial charge on any atom is 0.155 e. The van der Waals surface area contributed by atoms with E-state index in [1.807, 2.05) is 13.0 Å². The molecule has 0 aromatic rings. The summed E-state index contributed by atoms with van der Waals surface area (Å²) in [4.78, 5) is 11.3. The molecule has 1 nitrogen and oxygen atoms in total. The van der Waals surface area contributed by atoms with E-state index in [0.29, 0.717) is 12.3 Å². The number of hydrogen-bond acceptors (Lipinski definition) is 1. The summed E-state index contributed by atoms with van der Waals surface area (Å²) < 4.78 is 0. The molecule has 0 bridgehead atoms. The van der Waals surface area contributed by atoms with Crippen LogP contribution in [0.2, 0.25) is 0 Å². The predicted octanol–water partition coefficient (Wildman–Crippen LogP) is 4.62. The van der Waals surface area contributed by atoms with Crippen LogP contribution in [0.15, 0.2) is 42.2 Å². The van der Waals surface area contributed by atoms with Crippen LogP contribution < -0.4 is 0 Å². The first-order valence-corrected chi connectivity index (χ1v) is 6.27. The van der Waals surface area contributed by atoms with E-state index >= 15 is 0 Å². The number of rotatable bonds is 8. The van der Waals surface area contributed by atoms with Gasteiger partial charge in [-0.3, -0.25) is 4.79 Å². The first-order chi connectivity index (χ1) is 8.06. The molecule has 0 rings (SSSR count). The van der Waals surface area contributed by atoms with Gasteiger partial charge in [-0.25, -0.2) is 0 Å². The second kappa shape index (κ2) is 9.86. The zero-order chi connectivity index (χ0) is 13.1. The van der Waals surface area contributed by atoms with Crippen LogP contribution >= 0.6 is 0 Å². The fourth-order valence-electron chi connectivity index (χ4n) is 1.22. The van der Waals surface area contributed by atoms with Gasteiger partial charge in [-0.2, -0.15) is 0 Å².